The number of pyridine rings is 1. The van der Waals surface area contributed by atoms with Gasteiger partial charge < -0.3 is 5.32 Å². The highest BCUT2D eigenvalue weighted by atomic mass is 35.5. The van der Waals surface area contributed by atoms with E-state index in [9.17, 15) is 4.79 Å². The average molecular weight is 307 g/mol. The van der Waals surface area contributed by atoms with Gasteiger partial charge in [-0.3, -0.25) is 20.6 Å². The lowest BCUT2D eigenvalue weighted by atomic mass is 10.3. The van der Waals surface area contributed by atoms with Gasteiger partial charge in [-0.1, -0.05) is 17.7 Å². The molecule has 0 saturated carbocycles. The molecule has 0 atom stereocenters. The van der Waals surface area contributed by atoms with Crippen LogP contribution in [-0.2, 0) is 0 Å². The van der Waals surface area contributed by atoms with Crippen molar-refractivity contribution >= 4 is 40.5 Å². The molecule has 0 aliphatic carbocycles. The minimum absolute atomic E-state index is 0.254. The molecule has 3 N–H and O–H groups in total. The maximum Gasteiger partial charge on any atom is 0.271 e. The van der Waals surface area contributed by atoms with Crippen LogP contribution in [0, 0.1) is 0 Å². The predicted molar refractivity (Wildman–Crippen MR) is 82.5 cm³/mol. The molecule has 1 aromatic carbocycles. The minimum atomic E-state index is -0.326. The maximum absolute atomic E-state index is 11.7. The SMILES string of the molecule is O=C(NNC(=S)Nc1cccc(Cl)c1)c1cccnc1. The van der Waals surface area contributed by atoms with E-state index in [0.717, 1.165) is 5.69 Å². The van der Waals surface area contributed by atoms with E-state index in [4.69, 9.17) is 23.8 Å². The monoisotopic (exact) mass is 306 g/mol. The van der Waals surface area contributed by atoms with Crippen LogP contribution in [0.25, 0.3) is 0 Å². The van der Waals surface area contributed by atoms with Gasteiger partial charge in [0.2, 0.25) is 0 Å². The summed E-state index contributed by atoms with van der Waals surface area (Å²) in [7, 11) is 0. The molecule has 1 aromatic heterocycles. The van der Waals surface area contributed by atoms with Gasteiger partial charge in [-0.2, -0.15) is 0 Å². The first-order valence-electron chi connectivity index (χ1n) is 5.68. The van der Waals surface area contributed by atoms with E-state index < -0.39 is 0 Å². The van der Waals surface area contributed by atoms with Gasteiger partial charge in [-0.15, -0.1) is 0 Å². The number of nitrogens with zero attached hydrogens (tertiary/aromatic N) is 1. The Morgan fingerprint density at radius 1 is 1.20 bits per heavy atom. The first-order valence-corrected chi connectivity index (χ1v) is 6.47. The van der Waals surface area contributed by atoms with Crippen LogP contribution in [0.15, 0.2) is 48.8 Å². The van der Waals surface area contributed by atoms with Crippen molar-refractivity contribution in [2.45, 2.75) is 0 Å². The summed E-state index contributed by atoms with van der Waals surface area (Å²) < 4.78 is 0. The molecule has 2 rings (SSSR count). The van der Waals surface area contributed by atoms with Gasteiger partial charge in [0.05, 0.1) is 5.56 Å². The smallest absolute Gasteiger partial charge is 0.271 e. The number of halogens is 1. The summed E-state index contributed by atoms with van der Waals surface area (Å²) >= 11 is 10.9. The van der Waals surface area contributed by atoms with E-state index in [1.165, 1.54) is 6.20 Å². The number of carbonyl (C=O) groups excluding carboxylic acids is 1. The maximum atomic E-state index is 11.7. The van der Waals surface area contributed by atoms with Crippen molar-refractivity contribution < 1.29 is 4.79 Å². The molecule has 5 nitrogen and oxygen atoms in total. The van der Waals surface area contributed by atoms with Crippen molar-refractivity contribution in [3.05, 3.63) is 59.4 Å². The van der Waals surface area contributed by atoms with Crippen LogP contribution in [0.1, 0.15) is 10.4 Å². The number of amides is 1. The Balaban J connectivity index is 1.85. The number of rotatable bonds is 2. The van der Waals surface area contributed by atoms with E-state index >= 15 is 0 Å². The molecule has 102 valence electrons. The molecule has 0 aliphatic heterocycles. The molecule has 0 radical (unpaired) electrons. The van der Waals surface area contributed by atoms with Crippen LogP contribution in [-0.4, -0.2) is 16.0 Å². The van der Waals surface area contributed by atoms with Crippen molar-refractivity contribution in [1.29, 1.82) is 0 Å². The minimum Gasteiger partial charge on any atom is -0.331 e. The van der Waals surface area contributed by atoms with Crippen LogP contribution in [0.5, 0.6) is 0 Å². The molecular formula is C13H11ClN4OS. The van der Waals surface area contributed by atoms with Crippen LogP contribution in [0.4, 0.5) is 5.69 Å². The van der Waals surface area contributed by atoms with Gasteiger partial charge in [-0.05, 0) is 42.5 Å². The molecule has 0 fully saturated rings. The van der Waals surface area contributed by atoms with Crippen LogP contribution >= 0.6 is 23.8 Å². The number of anilines is 1. The number of thiocarbonyl (C=S) groups is 1. The Bertz CT molecular complexity index is 621. The topological polar surface area (TPSA) is 66.1 Å². The number of aromatic nitrogens is 1. The molecule has 1 amide bonds. The lowest BCUT2D eigenvalue weighted by molar-refractivity contribution is 0.0944. The Labute approximate surface area is 126 Å². The first kappa shape index (κ1) is 14.2. The summed E-state index contributed by atoms with van der Waals surface area (Å²) in [6, 6.07) is 10.4. The Kier molecular flexibility index (Phi) is 4.86. The van der Waals surface area contributed by atoms with Crippen molar-refractivity contribution in [2.75, 3.05) is 5.32 Å². The van der Waals surface area contributed by atoms with Crippen molar-refractivity contribution in [3.63, 3.8) is 0 Å². The third kappa shape index (κ3) is 4.18. The number of benzene rings is 1. The third-order valence-corrected chi connectivity index (χ3v) is 2.73. The quantitative estimate of drug-likeness (QED) is 0.587. The molecule has 7 heteroatoms. The van der Waals surface area contributed by atoms with E-state index in [-0.39, 0.29) is 11.0 Å². The molecule has 0 aliphatic rings. The Hall–Kier alpha value is -2.18. The van der Waals surface area contributed by atoms with Crippen LogP contribution < -0.4 is 16.2 Å². The summed E-state index contributed by atoms with van der Waals surface area (Å²) in [6.45, 7) is 0. The summed E-state index contributed by atoms with van der Waals surface area (Å²) in [5.41, 5.74) is 6.23. The number of nitrogens with one attached hydrogen (secondary N) is 3. The van der Waals surface area contributed by atoms with E-state index in [1.54, 1.807) is 36.5 Å². The standard InChI is InChI=1S/C13H11ClN4OS/c14-10-4-1-5-11(7-10)16-13(20)18-17-12(19)9-3-2-6-15-8-9/h1-8H,(H,17,19)(H2,16,18,20). The fraction of sp³-hybridized carbons (Fsp3) is 0. The largest absolute Gasteiger partial charge is 0.331 e. The summed E-state index contributed by atoms with van der Waals surface area (Å²) in [6.07, 6.45) is 3.06. The van der Waals surface area contributed by atoms with Gasteiger partial charge in [0.1, 0.15) is 0 Å². The number of hydrogen-bond acceptors (Lipinski definition) is 3. The molecule has 0 unspecified atom stereocenters. The highest BCUT2D eigenvalue weighted by Gasteiger charge is 2.05. The predicted octanol–water partition coefficient (Wildman–Crippen LogP) is 2.37. The van der Waals surface area contributed by atoms with Gasteiger partial charge in [0.25, 0.3) is 5.91 Å². The highest BCUT2D eigenvalue weighted by Crippen LogP contribution is 2.14. The highest BCUT2D eigenvalue weighted by molar-refractivity contribution is 7.80. The zero-order chi connectivity index (χ0) is 14.4. The zero-order valence-corrected chi connectivity index (χ0v) is 11.8. The number of hydrazine groups is 1. The number of hydrogen-bond donors (Lipinski definition) is 3. The second kappa shape index (κ2) is 6.83. The first-order chi connectivity index (χ1) is 9.65. The second-order valence-electron chi connectivity index (χ2n) is 3.79. The molecule has 0 spiro atoms. The third-order valence-electron chi connectivity index (χ3n) is 2.30. The fourth-order valence-electron chi connectivity index (χ4n) is 1.41. The normalized spacial score (nSPS) is 9.65. The van der Waals surface area contributed by atoms with Crippen molar-refractivity contribution in [1.82, 2.24) is 15.8 Å². The lowest BCUT2D eigenvalue weighted by Gasteiger charge is -2.11. The zero-order valence-electron chi connectivity index (χ0n) is 10.3. The fourth-order valence-corrected chi connectivity index (χ4v) is 1.77. The summed E-state index contributed by atoms with van der Waals surface area (Å²) in [4.78, 5) is 15.6. The van der Waals surface area contributed by atoms with Crippen molar-refractivity contribution in [2.24, 2.45) is 0 Å². The van der Waals surface area contributed by atoms with Gasteiger partial charge in [0.15, 0.2) is 5.11 Å². The van der Waals surface area contributed by atoms with E-state index in [1.807, 2.05) is 6.07 Å². The van der Waals surface area contributed by atoms with Crippen molar-refractivity contribution in [3.8, 4) is 0 Å². The number of carbonyl (C=O) groups is 1. The Morgan fingerprint density at radius 3 is 2.75 bits per heavy atom. The second-order valence-corrected chi connectivity index (χ2v) is 4.63. The van der Waals surface area contributed by atoms with E-state index in [2.05, 4.69) is 21.2 Å². The van der Waals surface area contributed by atoms with Gasteiger partial charge in [0, 0.05) is 23.1 Å². The van der Waals surface area contributed by atoms with Gasteiger partial charge in [-0.25, -0.2) is 0 Å². The average Bonchev–Trinajstić information content (AvgIpc) is 2.46. The molecule has 0 bridgehead atoms. The lowest BCUT2D eigenvalue weighted by Crippen LogP contribution is -2.43. The summed E-state index contributed by atoms with van der Waals surface area (Å²) in [5.74, 6) is -0.326. The molecule has 1 heterocycles. The molecule has 2 aromatic rings. The summed E-state index contributed by atoms with van der Waals surface area (Å²) in [5, 5.41) is 3.74. The molecular weight excluding hydrogens is 296 g/mol. The van der Waals surface area contributed by atoms with Crippen LogP contribution in [0.3, 0.4) is 0 Å². The van der Waals surface area contributed by atoms with E-state index in [0.29, 0.717) is 10.6 Å². The molecule has 20 heavy (non-hydrogen) atoms. The molecule has 0 saturated heterocycles. The van der Waals surface area contributed by atoms with Crippen LogP contribution in [0.2, 0.25) is 5.02 Å². The Morgan fingerprint density at radius 2 is 2.05 bits per heavy atom. The van der Waals surface area contributed by atoms with Gasteiger partial charge >= 0.3 is 0 Å².